The van der Waals surface area contributed by atoms with Crippen LogP contribution in [0.1, 0.15) is 27.0 Å². The molecule has 1 aliphatic heterocycles. The maximum absolute atomic E-state index is 12.6. The van der Waals surface area contributed by atoms with Gasteiger partial charge in [-0.15, -0.1) is 0 Å². The zero-order valence-corrected chi connectivity index (χ0v) is 16.6. The van der Waals surface area contributed by atoms with Gasteiger partial charge in [0.25, 0.3) is 0 Å². The van der Waals surface area contributed by atoms with Gasteiger partial charge in [-0.3, -0.25) is 4.79 Å². The van der Waals surface area contributed by atoms with Crippen molar-refractivity contribution >= 4 is 35.1 Å². The molecule has 5 heteroatoms. The van der Waals surface area contributed by atoms with Gasteiger partial charge in [0.15, 0.2) is 5.76 Å². The molecule has 0 spiro atoms. The van der Waals surface area contributed by atoms with Gasteiger partial charge in [0.2, 0.25) is 5.78 Å². The van der Waals surface area contributed by atoms with Crippen molar-refractivity contribution in [3.8, 4) is 11.5 Å². The van der Waals surface area contributed by atoms with E-state index in [2.05, 4.69) is 0 Å². The highest BCUT2D eigenvalue weighted by Crippen LogP contribution is 2.35. The van der Waals surface area contributed by atoms with E-state index in [1.807, 2.05) is 31.2 Å². The zero-order valence-electron chi connectivity index (χ0n) is 15.0. The Kier molecular flexibility index (Phi) is 5.12. The first-order valence-electron chi connectivity index (χ1n) is 8.72. The lowest BCUT2D eigenvalue weighted by Gasteiger charge is -2.10. The predicted octanol–water partition coefficient (Wildman–Crippen LogP) is 6.50. The van der Waals surface area contributed by atoms with Crippen LogP contribution in [0.5, 0.6) is 11.5 Å². The summed E-state index contributed by atoms with van der Waals surface area (Å²) < 4.78 is 11.6. The van der Waals surface area contributed by atoms with Gasteiger partial charge in [0.1, 0.15) is 18.1 Å². The number of benzene rings is 3. The Hall–Kier alpha value is -2.75. The summed E-state index contributed by atoms with van der Waals surface area (Å²) in [6, 6.07) is 18.3. The van der Waals surface area contributed by atoms with Gasteiger partial charge in [0.05, 0.1) is 5.56 Å². The number of halogens is 2. The van der Waals surface area contributed by atoms with Crippen LogP contribution >= 0.6 is 23.2 Å². The average Bonchev–Trinajstić information content (AvgIpc) is 2.96. The normalized spacial score (nSPS) is 14.1. The van der Waals surface area contributed by atoms with Gasteiger partial charge in [-0.25, -0.2) is 0 Å². The van der Waals surface area contributed by atoms with Crippen LogP contribution in [-0.2, 0) is 6.61 Å². The van der Waals surface area contributed by atoms with E-state index in [1.165, 1.54) is 0 Å². The number of fused-ring (bicyclic) bond motifs is 1. The predicted molar refractivity (Wildman–Crippen MR) is 111 cm³/mol. The van der Waals surface area contributed by atoms with Crippen molar-refractivity contribution in [2.24, 2.45) is 0 Å². The van der Waals surface area contributed by atoms with Crippen LogP contribution in [0.2, 0.25) is 10.0 Å². The van der Waals surface area contributed by atoms with Gasteiger partial charge in [0, 0.05) is 21.7 Å². The van der Waals surface area contributed by atoms with Crippen molar-refractivity contribution in [3.63, 3.8) is 0 Å². The molecule has 0 N–H and O–H groups in total. The van der Waals surface area contributed by atoms with Crippen LogP contribution < -0.4 is 9.47 Å². The molecule has 3 nitrogen and oxygen atoms in total. The van der Waals surface area contributed by atoms with Crippen LogP contribution in [0.3, 0.4) is 0 Å². The standard InChI is InChI=1S/C23H16Cl2O3/c1-14-4-2-5-15(10-14)11-22-23(26)17-9-8-16(12-21(17)28-22)27-13-18-19(24)6-3-7-20(18)25/h2-12H,13H2,1H3/b22-11-. The zero-order chi connectivity index (χ0) is 19.7. The van der Waals surface area contributed by atoms with E-state index in [1.54, 1.807) is 42.5 Å². The fraction of sp³-hybridized carbons (Fsp3) is 0.0870. The highest BCUT2D eigenvalue weighted by molar-refractivity contribution is 6.35. The van der Waals surface area contributed by atoms with Gasteiger partial charge in [-0.05, 0) is 42.8 Å². The minimum Gasteiger partial charge on any atom is -0.489 e. The van der Waals surface area contributed by atoms with Crippen molar-refractivity contribution in [1.82, 2.24) is 0 Å². The first-order valence-corrected chi connectivity index (χ1v) is 9.47. The molecule has 28 heavy (non-hydrogen) atoms. The summed E-state index contributed by atoms with van der Waals surface area (Å²) in [5, 5.41) is 1.09. The summed E-state index contributed by atoms with van der Waals surface area (Å²) in [6.07, 6.45) is 1.75. The third kappa shape index (κ3) is 3.77. The molecule has 0 amide bonds. The molecule has 0 bridgehead atoms. The molecule has 1 heterocycles. The highest BCUT2D eigenvalue weighted by Gasteiger charge is 2.27. The van der Waals surface area contributed by atoms with Gasteiger partial charge < -0.3 is 9.47 Å². The molecule has 0 aromatic heterocycles. The molecule has 0 atom stereocenters. The summed E-state index contributed by atoms with van der Waals surface area (Å²) in [5.74, 6) is 1.20. The number of Topliss-reactive ketones (excluding diaryl/α,β-unsaturated/α-hetero) is 1. The van der Waals surface area contributed by atoms with Crippen LogP contribution in [0.25, 0.3) is 6.08 Å². The maximum Gasteiger partial charge on any atom is 0.231 e. The maximum atomic E-state index is 12.6. The van der Waals surface area contributed by atoms with Crippen LogP contribution in [0.15, 0.2) is 66.4 Å². The Bertz CT molecular complexity index is 1080. The second-order valence-corrected chi connectivity index (χ2v) is 7.32. The Morgan fingerprint density at radius 2 is 1.75 bits per heavy atom. The highest BCUT2D eigenvalue weighted by atomic mass is 35.5. The first kappa shape index (κ1) is 18.6. The minimum absolute atomic E-state index is 0.141. The van der Waals surface area contributed by atoms with Crippen molar-refractivity contribution in [1.29, 1.82) is 0 Å². The molecule has 3 aromatic carbocycles. The van der Waals surface area contributed by atoms with Crippen LogP contribution in [-0.4, -0.2) is 5.78 Å². The number of aryl methyl sites for hydroxylation is 1. The molecule has 1 aliphatic rings. The van der Waals surface area contributed by atoms with Crippen molar-refractivity contribution in [2.75, 3.05) is 0 Å². The molecule has 0 radical (unpaired) electrons. The number of rotatable bonds is 4. The molecule has 140 valence electrons. The summed E-state index contributed by atoms with van der Waals surface area (Å²) in [7, 11) is 0. The second kappa shape index (κ2) is 7.70. The van der Waals surface area contributed by atoms with E-state index in [9.17, 15) is 4.79 Å². The van der Waals surface area contributed by atoms with E-state index in [4.69, 9.17) is 32.7 Å². The average molecular weight is 411 g/mol. The molecule has 0 fully saturated rings. The third-order valence-corrected chi connectivity index (χ3v) is 5.13. The molecule has 0 saturated heterocycles. The topological polar surface area (TPSA) is 35.5 Å². The lowest BCUT2D eigenvalue weighted by molar-refractivity contribution is 0.101. The SMILES string of the molecule is Cc1cccc(/C=C2\Oc3cc(OCc4c(Cl)cccc4Cl)ccc3C2=O)c1. The summed E-state index contributed by atoms with van der Waals surface area (Å²) >= 11 is 12.3. The van der Waals surface area contributed by atoms with Crippen molar-refractivity contribution < 1.29 is 14.3 Å². The molecular formula is C23H16Cl2O3. The number of carbonyl (C=O) groups is 1. The molecule has 3 aromatic rings. The number of allylic oxidation sites excluding steroid dienone is 1. The fourth-order valence-electron chi connectivity index (χ4n) is 2.99. The second-order valence-electron chi connectivity index (χ2n) is 6.50. The van der Waals surface area contributed by atoms with Crippen molar-refractivity contribution in [2.45, 2.75) is 13.5 Å². The largest absolute Gasteiger partial charge is 0.489 e. The quantitative estimate of drug-likeness (QED) is 0.460. The Labute approximate surface area is 173 Å². The molecule has 4 rings (SSSR count). The van der Waals surface area contributed by atoms with Gasteiger partial charge >= 0.3 is 0 Å². The Morgan fingerprint density at radius 1 is 1.00 bits per heavy atom. The van der Waals surface area contributed by atoms with Crippen LogP contribution in [0, 0.1) is 6.92 Å². The number of hydrogen-bond donors (Lipinski definition) is 0. The van der Waals surface area contributed by atoms with E-state index in [-0.39, 0.29) is 12.4 Å². The summed E-state index contributed by atoms with van der Waals surface area (Å²) in [6.45, 7) is 2.22. The van der Waals surface area contributed by atoms with Crippen molar-refractivity contribution in [3.05, 3.63) is 98.7 Å². The lowest BCUT2D eigenvalue weighted by atomic mass is 10.1. The van der Waals surface area contributed by atoms with E-state index in [0.29, 0.717) is 38.4 Å². The molecule has 0 aliphatic carbocycles. The third-order valence-electron chi connectivity index (χ3n) is 4.43. The molecular weight excluding hydrogens is 395 g/mol. The smallest absolute Gasteiger partial charge is 0.231 e. The monoisotopic (exact) mass is 410 g/mol. The summed E-state index contributed by atoms with van der Waals surface area (Å²) in [4.78, 5) is 12.6. The van der Waals surface area contributed by atoms with E-state index in [0.717, 1.165) is 11.1 Å². The summed E-state index contributed by atoms with van der Waals surface area (Å²) in [5.41, 5.74) is 3.26. The van der Waals surface area contributed by atoms with Gasteiger partial charge in [-0.2, -0.15) is 0 Å². The Balaban J connectivity index is 1.54. The molecule has 0 saturated carbocycles. The Morgan fingerprint density at radius 3 is 2.50 bits per heavy atom. The number of ether oxygens (including phenoxy) is 2. The number of hydrogen-bond acceptors (Lipinski definition) is 3. The lowest BCUT2D eigenvalue weighted by Crippen LogP contribution is -1.98. The van der Waals surface area contributed by atoms with E-state index >= 15 is 0 Å². The minimum atomic E-state index is -0.141. The van der Waals surface area contributed by atoms with E-state index < -0.39 is 0 Å². The number of carbonyl (C=O) groups excluding carboxylic acids is 1. The first-order chi connectivity index (χ1) is 13.5. The van der Waals surface area contributed by atoms with Gasteiger partial charge in [-0.1, -0.05) is 59.1 Å². The number of ketones is 1. The fourth-order valence-corrected chi connectivity index (χ4v) is 3.50. The van der Waals surface area contributed by atoms with Crippen LogP contribution in [0.4, 0.5) is 0 Å². The molecule has 0 unspecified atom stereocenters.